The lowest BCUT2D eigenvalue weighted by molar-refractivity contribution is 0.260. The highest BCUT2D eigenvalue weighted by Gasteiger charge is 2.30. The van der Waals surface area contributed by atoms with Gasteiger partial charge in [0.1, 0.15) is 0 Å². The molecule has 1 aromatic carbocycles. The van der Waals surface area contributed by atoms with Crippen LogP contribution in [0.4, 0.5) is 0 Å². The first-order chi connectivity index (χ1) is 15.5. The number of hydrogen-bond acceptors (Lipinski definition) is 7. The predicted octanol–water partition coefficient (Wildman–Crippen LogP) is 2.33. The molecule has 10 nitrogen and oxygen atoms in total. The van der Waals surface area contributed by atoms with Crippen molar-refractivity contribution in [2.75, 3.05) is 13.1 Å². The van der Waals surface area contributed by atoms with E-state index in [0.29, 0.717) is 47.5 Å². The molecule has 164 valence electrons. The highest BCUT2D eigenvalue weighted by Crippen LogP contribution is 2.28. The largest absolute Gasteiger partial charge is 0.422 e. The molecule has 0 unspecified atom stereocenters. The molecule has 1 fully saturated rings. The van der Waals surface area contributed by atoms with E-state index in [-0.39, 0.29) is 17.6 Å². The zero-order chi connectivity index (χ0) is 22.1. The molecular weight excluding hydrogens is 432 g/mol. The molecule has 4 aromatic rings. The van der Waals surface area contributed by atoms with E-state index >= 15 is 0 Å². The molecule has 0 aliphatic carbocycles. The fraction of sp³-hybridized carbons (Fsp3) is 0.238. The lowest BCUT2D eigenvalue weighted by Crippen LogP contribution is -2.39. The highest BCUT2D eigenvalue weighted by molar-refractivity contribution is 7.89. The maximum atomic E-state index is 12.8. The minimum Gasteiger partial charge on any atom is -0.422 e. The smallest absolute Gasteiger partial charge is 0.302 e. The van der Waals surface area contributed by atoms with Crippen molar-refractivity contribution in [2.24, 2.45) is 0 Å². The number of fused-ring (bicyclic) bond motifs is 1. The molecular formula is C21H20N6O4S. The Morgan fingerprint density at radius 1 is 1.06 bits per heavy atom. The van der Waals surface area contributed by atoms with Gasteiger partial charge in [0.15, 0.2) is 5.75 Å². The Morgan fingerprint density at radius 2 is 1.84 bits per heavy atom. The standard InChI is InChI=1S/C21H20N6O4S/c28-20-18-6-9-22-13-19(18)24-21(25-20)31-16-12-23-27(14-16)15-7-10-26(11-8-15)32(29,30)17-4-2-1-3-5-17/h1-6,9,12-15H,7-8,10-11H2,(H,24,25,28). The fourth-order valence-corrected chi connectivity index (χ4v) is 5.28. The van der Waals surface area contributed by atoms with E-state index in [2.05, 4.69) is 20.1 Å². The molecule has 1 saturated heterocycles. The van der Waals surface area contributed by atoms with Gasteiger partial charge in [0.05, 0.1) is 40.4 Å². The second-order valence-corrected chi connectivity index (χ2v) is 9.41. The molecule has 0 radical (unpaired) electrons. The number of ether oxygens (including phenoxy) is 1. The first kappa shape index (κ1) is 20.3. The van der Waals surface area contributed by atoms with Crippen molar-refractivity contribution >= 4 is 20.9 Å². The summed E-state index contributed by atoms with van der Waals surface area (Å²) in [7, 11) is -3.49. The van der Waals surface area contributed by atoms with E-state index < -0.39 is 10.0 Å². The van der Waals surface area contributed by atoms with Gasteiger partial charge in [-0.05, 0) is 31.0 Å². The zero-order valence-corrected chi connectivity index (χ0v) is 17.8. The number of piperidine rings is 1. The van der Waals surface area contributed by atoms with Gasteiger partial charge in [0.2, 0.25) is 10.0 Å². The normalized spacial score (nSPS) is 15.8. The summed E-state index contributed by atoms with van der Waals surface area (Å²) in [5, 5.41) is 4.79. The zero-order valence-electron chi connectivity index (χ0n) is 17.0. The third-order valence-electron chi connectivity index (χ3n) is 5.46. The minimum absolute atomic E-state index is 0.0439. The molecule has 0 atom stereocenters. The molecule has 5 rings (SSSR count). The Hall–Kier alpha value is -3.57. The molecule has 11 heteroatoms. The van der Waals surface area contributed by atoms with Crippen LogP contribution in [0.15, 0.2) is 70.9 Å². The van der Waals surface area contributed by atoms with E-state index in [1.54, 1.807) is 53.5 Å². The van der Waals surface area contributed by atoms with Gasteiger partial charge < -0.3 is 4.74 Å². The molecule has 0 amide bonds. The molecule has 4 heterocycles. The molecule has 0 spiro atoms. The van der Waals surface area contributed by atoms with Gasteiger partial charge in [-0.15, -0.1) is 0 Å². The van der Waals surface area contributed by atoms with Gasteiger partial charge in [-0.1, -0.05) is 18.2 Å². The monoisotopic (exact) mass is 452 g/mol. The first-order valence-electron chi connectivity index (χ1n) is 10.1. The van der Waals surface area contributed by atoms with Crippen molar-refractivity contribution in [1.82, 2.24) is 29.0 Å². The van der Waals surface area contributed by atoms with Crippen LogP contribution in [0.25, 0.3) is 10.9 Å². The second-order valence-electron chi connectivity index (χ2n) is 7.47. The van der Waals surface area contributed by atoms with E-state index in [1.807, 2.05) is 0 Å². The minimum atomic E-state index is -3.49. The topological polar surface area (TPSA) is 123 Å². The molecule has 1 N–H and O–H groups in total. The number of hydrogen-bond donors (Lipinski definition) is 1. The van der Waals surface area contributed by atoms with Gasteiger partial charge in [-0.3, -0.25) is 19.4 Å². The number of aromatic amines is 1. The molecule has 32 heavy (non-hydrogen) atoms. The van der Waals surface area contributed by atoms with Crippen LogP contribution in [0, 0.1) is 0 Å². The molecule has 1 aliphatic rings. The van der Waals surface area contributed by atoms with Crippen LogP contribution in [-0.2, 0) is 10.0 Å². The summed E-state index contributed by atoms with van der Waals surface area (Å²) < 4.78 is 34.6. The summed E-state index contributed by atoms with van der Waals surface area (Å²) in [4.78, 5) is 23.3. The van der Waals surface area contributed by atoms with Crippen molar-refractivity contribution < 1.29 is 13.2 Å². The number of sulfonamides is 1. The van der Waals surface area contributed by atoms with Crippen LogP contribution in [-0.4, -0.2) is 50.5 Å². The van der Waals surface area contributed by atoms with Crippen molar-refractivity contribution in [2.45, 2.75) is 23.8 Å². The summed E-state index contributed by atoms with van der Waals surface area (Å²) in [6.07, 6.45) is 7.55. The lowest BCUT2D eigenvalue weighted by atomic mass is 10.1. The molecule has 0 bridgehead atoms. The summed E-state index contributed by atoms with van der Waals surface area (Å²) in [6.45, 7) is 0.814. The van der Waals surface area contributed by atoms with Crippen LogP contribution in [0.1, 0.15) is 18.9 Å². The van der Waals surface area contributed by atoms with Crippen LogP contribution in [0.3, 0.4) is 0 Å². The Balaban J connectivity index is 1.27. The van der Waals surface area contributed by atoms with Gasteiger partial charge in [-0.25, -0.2) is 8.42 Å². The third kappa shape index (κ3) is 3.87. The summed E-state index contributed by atoms with van der Waals surface area (Å²) in [5.41, 5.74) is 0.123. The van der Waals surface area contributed by atoms with Gasteiger partial charge in [0, 0.05) is 19.3 Å². The average molecular weight is 452 g/mol. The fourth-order valence-electron chi connectivity index (χ4n) is 3.79. The Labute approximate surface area is 183 Å². The average Bonchev–Trinajstić information content (AvgIpc) is 3.28. The van der Waals surface area contributed by atoms with Crippen LogP contribution in [0.2, 0.25) is 0 Å². The quantitative estimate of drug-likeness (QED) is 0.493. The summed E-state index contributed by atoms with van der Waals surface area (Å²) >= 11 is 0. The molecule has 0 saturated carbocycles. The maximum absolute atomic E-state index is 12.8. The lowest BCUT2D eigenvalue weighted by Gasteiger charge is -2.31. The number of rotatable bonds is 5. The van der Waals surface area contributed by atoms with E-state index in [9.17, 15) is 13.2 Å². The SMILES string of the molecule is O=c1[nH]c(Oc2cnn(C3CCN(S(=O)(=O)c4ccccc4)CC3)c2)nc2cnccc12. The van der Waals surface area contributed by atoms with E-state index in [0.717, 1.165) is 0 Å². The molecule has 1 aliphatic heterocycles. The Kier molecular flexibility index (Phi) is 5.19. The van der Waals surface area contributed by atoms with Gasteiger partial charge in [0.25, 0.3) is 5.56 Å². The predicted molar refractivity (Wildman–Crippen MR) is 116 cm³/mol. The van der Waals surface area contributed by atoms with Crippen molar-refractivity contribution in [3.63, 3.8) is 0 Å². The number of nitrogens with zero attached hydrogens (tertiary/aromatic N) is 5. The van der Waals surface area contributed by atoms with Crippen molar-refractivity contribution in [3.8, 4) is 11.8 Å². The van der Waals surface area contributed by atoms with Crippen molar-refractivity contribution in [1.29, 1.82) is 0 Å². The van der Waals surface area contributed by atoms with E-state index in [4.69, 9.17) is 4.74 Å². The number of H-pyrrole nitrogens is 1. The molecule has 3 aromatic heterocycles. The summed E-state index contributed by atoms with van der Waals surface area (Å²) in [6, 6.07) is 10.1. The first-order valence-corrected chi connectivity index (χ1v) is 11.6. The van der Waals surface area contributed by atoms with Crippen molar-refractivity contribution in [3.05, 3.63) is 71.5 Å². The van der Waals surface area contributed by atoms with Gasteiger partial charge in [-0.2, -0.15) is 14.4 Å². The van der Waals surface area contributed by atoms with Gasteiger partial charge >= 0.3 is 6.01 Å². The number of benzene rings is 1. The van der Waals surface area contributed by atoms with E-state index in [1.165, 1.54) is 16.7 Å². The summed E-state index contributed by atoms with van der Waals surface area (Å²) in [5.74, 6) is 0.427. The van der Waals surface area contributed by atoms with Crippen LogP contribution in [0.5, 0.6) is 11.8 Å². The Morgan fingerprint density at radius 3 is 2.62 bits per heavy atom. The van der Waals surface area contributed by atoms with Crippen LogP contribution < -0.4 is 10.3 Å². The Bertz CT molecular complexity index is 1410. The third-order valence-corrected chi connectivity index (χ3v) is 7.37. The van der Waals surface area contributed by atoms with Crippen LogP contribution >= 0.6 is 0 Å². The number of aromatic nitrogens is 5. The highest BCUT2D eigenvalue weighted by atomic mass is 32.2. The second kappa shape index (κ2) is 8.17. The number of nitrogens with one attached hydrogen (secondary N) is 1. The maximum Gasteiger partial charge on any atom is 0.302 e. The number of pyridine rings is 1.